The summed E-state index contributed by atoms with van der Waals surface area (Å²) in [5.74, 6) is 0.285. The van der Waals surface area contributed by atoms with Crippen LogP contribution in [0.5, 0.6) is 0 Å². The molecule has 0 fully saturated rings. The Morgan fingerprint density at radius 1 is 1.90 bits per heavy atom. The number of primary amides is 1. The first kappa shape index (κ1) is 6.73. The van der Waals surface area contributed by atoms with Crippen molar-refractivity contribution >= 4 is 5.91 Å². The zero-order chi connectivity index (χ0) is 7.56. The van der Waals surface area contributed by atoms with Gasteiger partial charge in [0.15, 0.2) is 0 Å². The lowest BCUT2D eigenvalue weighted by Gasteiger charge is -1.96. The van der Waals surface area contributed by atoms with E-state index >= 15 is 0 Å². The van der Waals surface area contributed by atoms with Gasteiger partial charge < -0.3 is 5.73 Å². The Bertz CT molecular complexity index is 242. The molecule has 1 heterocycles. The summed E-state index contributed by atoms with van der Waals surface area (Å²) in [6.45, 7) is 1.86. The van der Waals surface area contributed by atoms with Crippen LogP contribution in [0.4, 0.5) is 0 Å². The molecule has 5 heteroatoms. The van der Waals surface area contributed by atoms with Crippen LogP contribution < -0.4 is 5.73 Å². The molecule has 0 saturated heterocycles. The zero-order valence-corrected chi connectivity index (χ0v) is 5.61. The minimum absolute atomic E-state index is 0.103. The SMILES string of the molecule is Cc1ncnn1CC(N)=O. The van der Waals surface area contributed by atoms with Crippen LogP contribution >= 0.6 is 0 Å². The number of carbonyl (C=O) groups excluding carboxylic acids is 1. The highest BCUT2D eigenvalue weighted by Gasteiger charge is 1.99. The summed E-state index contributed by atoms with van der Waals surface area (Å²) in [6, 6.07) is 0. The van der Waals surface area contributed by atoms with E-state index in [0.29, 0.717) is 5.82 Å². The highest BCUT2D eigenvalue weighted by Crippen LogP contribution is 1.88. The van der Waals surface area contributed by atoms with E-state index in [4.69, 9.17) is 5.73 Å². The van der Waals surface area contributed by atoms with Crippen molar-refractivity contribution in [2.24, 2.45) is 5.73 Å². The molecule has 0 spiro atoms. The minimum atomic E-state index is -0.409. The number of nitrogens with two attached hydrogens (primary N) is 1. The lowest BCUT2D eigenvalue weighted by atomic mass is 10.6. The van der Waals surface area contributed by atoms with Crippen LogP contribution in [0.3, 0.4) is 0 Å². The maximum absolute atomic E-state index is 10.4. The fourth-order valence-corrected chi connectivity index (χ4v) is 0.625. The third kappa shape index (κ3) is 1.31. The van der Waals surface area contributed by atoms with Gasteiger partial charge in [-0.3, -0.25) is 4.79 Å². The van der Waals surface area contributed by atoms with Gasteiger partial charge in [0, 0.05) is 0 Å². The molecule has 2 N–H and O–H groups in total. The number of hydrogen-bond acceptors (Lipinski definition) is 3. The van der Waals surface area contributed by atoms with E-state index in [-0.39, 0.29) is 6.54 Å². The summed E-state index contributed by atoms with van der Waals surface area (Å²) in [7, 11) is 0. The van der Waals surface area contributed by atoms with Gasteiger partial charge in [-0.1, -0.05) is 0 Å². The molecule has 1 aromatic heterocycles. The third-order valence-electron chi connectivity index (χ3n) is 1.11. The van der Waals surface area contributed by atoms with Gasteiger partial charge in [0.1, 0.15) is 18.7 Å². The van der Waals surface area contributed by atoms with Crippen LogP contribution in [0, 0.1) is 6.92 Å². The monoisotopic (exact) mass is 140 g/mol. The molecular formula is C5H8N4O. The smallest absolute Gasteiger partial charge is 0.239 e. The molecule has 10 heavy (non-hydrogen) atoms. The predicted molar refractivity (Wildman–Crippen MR) is 34.0 cm³/mol. The summed E-state index contributed by atoms with van der Waals surface area (Å²) in [6.07, 6.45) is 1.39. The number of nitrogens with zero attached hydrogens (tertiary/aromatic N) is 3. The van der Waals surface area contributed by atoms with Crippen molar-refractivity contribution in [2.45, 2.75) is 13.5 Å². The van der Waals surface area contributed by atoms with E-state index < -0.39 is 5.91 Å². The van der Waals surface area contributed by atoms with Gasteiger partial charge in [0.05, 0.1) is 0 Å². The molecular weight excluding hydrogens is 132 g/mol. The zero-order valence-electron chi connectivity index (χ0n) is 5.61. The number of aryl methyl sites for hydroxylation is 1. The van der Waals surface area contributed by atoms with Crippen molar-refractivity contribution in [2.75, 3.05) is 0 Å². The Morgan fingerprint density at radius 3 is 3.00 bits per heavy atom. The van der Waals surface area contributed by atoms with Gasteiger partial charge in [0.2, 0.25) is 5.91 Å². The van der Waals surface area contributed by atoms with Gasteiger partial charge in [-0.15, -0.1) is 0 Å². The molecule has 1 aromatic rings. The molecule has 0 aliphatic rings. The van der Waals surface area contributed by atoms with Crippen LogP contribution in [0.15, 0.2) is 6.33 Å². The second-order valence-electron chi connectivity index (χ2n) is 1.93. The Kier molecular flexibility index (Phi) is 1.66. The normalized spacial score (nSPS) is 9.70. The van der Waals surface area contributed by atoms with Crippen LogP contribution in [-0.2, 0) is 11.3 Å². The number of carbonyl (C=O) groups is 1. The predicted octanol–water partition coefficient (Wildman–Crippen LogP) is -0.928. The average Bonchev–Trinajstić information content (AvgIpc) is 2.15. The fraction of sp³-hybridized carbons (Fsp3) is 0.400. The summed E-state index contributed by atoms with van der Waals surface area (Å²) >= 11 is 0. The Labute approximate surface area is 57.9 Å². The van der Waals surface area contributed by atoms with Gasteiger partial charge >= 0.3 is 0 Å². The van der Waals surface area contributed by atoms with Crippen LogP contribution in [0.2, 0.25) is 0 Å². The first-order valence-corrected chi connectivity index (χ1v) is 2.83. The maximum Gasteiger partial charge on any atom is 0.239 e. The van der Waals surface area contributed by atoms with Crippen LogP contribution in [0.1, 0.15) is 5.82 Å². The Hall–Kier alpha value is -1.39. The molecule has 0 aromatic carbocycles. The van der Waals surface area contributed by atoms with Crippen molar-refractivity contribution in [1.29, 1.82) is 0 Å². The largest absolute Gasteiger partial charge is 0.368 e. The number of amides is 1. The van der Waals surface area contributed by atoms with Gasteiger partial charge in [-0.2, -0.15) is 5.10 Å². The van der Waals surface area contributed by atoms with Crippen molar-refractivity contribution < 1.29 is 4.79 Å². The average molecular weight is 140 g/mol. The van der Waals surface area contributed by atoms with Crippen LogP contribution in [0.25, 0.3) is 0 Å². The highest BCUT2D eigenvalue weighted by atomic mass is 16.1. The Morgan fingerprint density at radius 2 is 2.60 bits per heavy atom. The Balaban J connectivity index is 2.74. The molecule has 0 bridgehead atoms. The quantitative estimate of drug-likeness (QED) is 0.576. The van der Waals surface area contributed by atoms with Crippen molar-refractivity contribution in [3.05, 3.63) is 12.2 Å². The van der Waals surface area contributed by atoms with E-state index in [2.05, 4.69) is 10.1 Å². The van der Waals surface area contributed by atoms with Gasteiger partial charge in [-0.05, 0) is 6.92 Å². The lowest BCUT2D eigenvalue weighted by molar-refractivity contribution is -0.118. The topological polar surface area (TPSA) is 73.8 Å². The molecule has 5 nitrogen and oxygen atoms in total. The van der Waals surface area contributed by atoms with Crippen molar-refractivity contribution in [1.82, 2.24) is 14.8 Å². The number of rotatable bonds is 2. The standard InChI is InChI=1S/C5H8N4O/c1-4-7-3-8-9(4)2-5(6)10/h3H,2H2,1H3,(H2,6,10). The van der Waals surface area contributed by atoms with E-state index in [1.807, 2.05) is 0 Å². The van der Waals surface area contributed by atoms with Crippen molar-refractivity contribution in [3.8, 4) is 0 Å². The first-order chi connectivity index (χ1) is 4.70. The van der Waals surface area contributed by atoms with Crippen LogP contribution in [-0.4, -0.2) is 20.7 Å². The number of aromatic nitrogens is 3. The molecule has 0 unspecified atom stereocenters. The van der Waals surface area contributed by atoms with E-state index in [9.17, 15) is 4.79 Å². The summed E-state index contributed by atoms with van der Waals surface area (Å²) in [5, 5.41) is 3.76. The third-order valence-corrected chi connectivity index (χ3v) is 1.11. The second-order valence-corrected chi connectivity index (χ2v) is 1.93. The summed E-state index contributed by atoms with van der Waals surface area (Å²) < 4.78 is 1.45. The van der Waals surface area contributed by atoms with E-state index in [1.54, 1.807) is 6.92 Å². The molecule has 0 aliphatic carbocycles. The minimum Gasteiger partial charge on any atom is -0.368 e. The summed E-state index contributed by atoms with van der Waals surface area (Å²) in [4.78, 5) is 14.2. The maximum atomic E-state index is 10.4. The molecule has 1 rings (SSSR count). The van der Waals surface area contributed by atoms with Crippen molar-refractivity contribution in [3.63, 3.8) is 0 Å². The van der Waals surface area contributed by atoms with Gasteiger partial charge in [-0.25, -0.2) is 9.67 Å². The fourth-order valence-electron chi connectivity index (χ4n) is 0.625. The summed E-state index contributed by atoms with van der Waals surface area (Å²) in [5.41, 5.74) is 4.92. The molecule has 1 amide bonds. The number of hydrogen-bond donors (Lipinski definition) is 1. The van der Waals surface area contributed by atoms with E-state index in [1.165, 1.54) is 11.0 Å². The molecule has 0 saturated carbocycles. The lowest BCUT2D eigenvalue weighted by Crippen LogP contribution is -2.20. The first-order valence-electron chi connectivity index (χ1n) is 2.83. The molecule has 0 aliphatic heterocycles. The molecule has 0 atom stereocenters. The van der Waals surface area contributed by atoms with Gasteiger partial charge in [0.25, 0.3) is 0 Å². The molecule has 54 valence electrons. The second kappa shape index (κ2) is 2.47. The molecule has 0 radical (unpaired) electrons. The van der Waals surface area contributed by atoms with E-state index in [0.717, 1.165) is 0 Å². The highest BCUT2D eigenvalue weighted by molar-refractivity contribution is 5.73.